The van der Waals surface area contributed by atoms with Crippen LogP contribution in [0.5, 0.6) is 0 Å². The molecule has 4 heteroatoms. The van der Waals surface area contributed by atoms with E-state index in [4.69, 9.17) is 4.74 Å². The van der Waals surface area contributed by atoms with Gasteiger partial charge in [0.25, 0.3) is 0 Å². The smallest absolute Gasteiger partial charge is 0.407 e. The topological polar surface area (TPSA) is 58.6 Å². The number of nitrogens with one attached hydrogen (secondary N) is 1. The van der Waals surface area contributed by atoms with Crippen molar-refractivity contribution in [3.05, 3.63) is 35.9 Å². The predicted octanol–water partition coefficient (Wildman–Crippen LogP) is 3.24. The Bertz CT molecular complexity index is 460. The van der Waals surface area contributed by atoms with E-state index in [1.807, 2.05) is 30.3 Å². The standard InChI is InChI=1S/C17H25NO3/c1-16(2)8-10-17(20,11-9-16)13-18-15(19)21-12-14-6-4-3-5-7-14/h3-7,20H,8-13H2,1-2H3,(H,18,19). The highest BCUT2D eigenvalue weighted by Crippen LogP contribution is 2.39. The van der Waals surface area contributed by atoms with E-state index in [0.29, 0.717) is 5.41 Å². The van der Waals surface area contributed by atoms with Crippen molar-refractivity contribution in [2.45, 2.75) is 51.7 Å². The number of benzene rings is 1. The highest BCUT2D eigenvalue weighted by Gasteiger charge is 2.36. The monoisotopic (exact) mass is 291 g/mol. The van der Waals surface area contributed by atoms with E-state index in [9.17, 15) is 9.90 Å². The van der Waals surface area contributed by atoms with E-state index < -0.39 is 11.7 Å². The molecule has 0 atom stereocenters. The summed E-state index contributed by atoms with van der Waals surface area (Å²) in [6.07, 6.45) is 2.92. The van der Waals surface area contributed by atoms with Crippen molar-refractivity contribution >= 4 is 6.09 Å². The summed E-state index contributed by atoms with van der Waals surface area (Å²) in [6, 6.07) is 9.55. The zero-order valence-electron chi connectivity index (χ0n) is 12.9. The van der Waals surface area contributed by atoms with Crippen LogP contribution in [0.15, 0.2) is 30.3 Å². The molecule has 0 bridgehead atoms. The van der Waals surface area contributed by atoms with Crippen LogP contribution in [-0.4, -0.2) is 23.3 Å². The van der Waals surface area contributed by atoms with E-state index in [1.54, 1.807) is 0 Å². The lowest BCUT2D eigenvalue weighted by Gasteiger charge is -2.40. The summed E-state index contributed by atoms with van der Waals surface area (Å²) < 4.78 is 5.14. The van der Waals surface area contributed by atoms with Crippen LogP contribution < -0.4 is 5.32 Å². The number of alkyl carbamates (subject to hydrolysis) is 1. The lowest BCUT2D eigenvalue weighted by Crippen LogP contribution is -2.46. The van der Waals surface area contributed by atoms with Gasteiger partial charge in [-0.05, 0) is 36.7 Å². The number of ether oxygens (including phenoxy) is 1. The fourth-order valence-corrected chi connectivity index (χ4v) is 2.58. The van der Waals surface area contributed by atoms with Crippen molar-refractivity contribution in [1.29, 1.82) is 0 Å². The largest absolute Gasteiger partial charge is 0.445 e. The van der Waals surface area contributed by atoms with Gasteiger partial charge in [-0.15, -0.1) is 0 Å². The van der Waals surface area contributed by atoms with Gasteiger partial charge in [-0.1, -0.05) is 44.2 Å². The first kappa shape index (κ1) is 15.8. The number of carbonyl (C=O) groups is 1. The van der Waals surface area contributed by atoms with Gasteiger partial charge in [-0.25, -0.2) is 4.79 Å². The second-order valence-electron chi connectivity index (χ2n) is 6.80. The first-order valence-electron chi connectivity index (χ1n) is 7.56. The molecule has 1 saturated carbocycles. The number of aliphatic hydroxyl groups is 1. The van der Waals surface area contributed by atoms with Crippen molar-refractivity contribution in [2.75, 3.05) is 6.54 Å². The first-order chi connectivity index (χ1) is 9.89. The van der Waals surface area contributed by atoms with Crippen LogP contribution in [0.25, 0.3) is 0 Å². The molecule has 116 valence electrons. The fourth-order valence-electron chi connectivity index (χ4n) is 2.58. The van der Waals surface area contributed by atoms with Gasteiger partial charge in [0.2, 0.25) is 0 Å². The van der Waals surface area contributed by atoms with Gasteiger partial charge >= 0.3 is 6.09 Å². The van der Waals surface area contributed by atoms with E-state index >= 15 is 0 Å². The summed E-state index contributed by atoms with van der Waals surface area (Å²) in [5, 5.41) is 13.1. The number of carbonyl (C=O) groups excluding carboxylic acids is 1. The van der Waals surface area contributed by atoms with E-state index in [0.717, 1.165) is 31.2 Å². The molecule has 21 heavy (non-hydrogen) atoms. The minimum Gasteiger partial charge on any atom is -0.445 e. The molecule has 0 saturated heterocycles. The number of amides is 1. The average Bonchev–Trinajstić information content (AvgIpc) is 2.48. The van der Waals surface area contributed by atoms with Gasteiger partial charge in [0.15, 0.2) is 0 Å². The third kappa shape index (κ3) is 5.05. The third-order valence-electron chi connectivity index (χ3n) is 4.31. The molecular formula is C17H25NO3. The molecule has 0 radical (unpaired) electrons. The van der Waals surface area contributed by atoms with Crippen LogP contribution in [0.1, 0.15) is 45.1 Å². The van der Waals surface area contributed by atoms with Crippen molar-refractivity contribution in [2.24, 2.45) is 5.41 Å². The molecular weight excluding hydrogens is 266 g/mol. The molecule has 1 aromatic carbocycles. The molecule has 2 rings (SSSR count). The Morgan fingerprint density at radius 3 is 2.43 bits per heavy atom. The summed E-state index contributed by atoms with van der Waals surface area (Å²) >= 11 is 0. The van der Waals surface area contributed by atoms with Crippen molar-refractivity contribution in [3.63, 3.8) is 0 Å². The molecule has 0 aromatic heterocycles. The van der Waals surface area contributed by atoms with E-state index in [1.165, 1.54) is 0 Å². The van der Waals surface area contributed by atoms with Gasteiger partial charge < -0.3 is 15.2 Å². The second-order valence-corrected chi connectivity index (χ2v) is 6.80. The Morgan fingerprint density at radius 1 is 1.19 bits per heavy atom. The third-order valence-corrected chi connectivity index (χ3v) is 4.31. The van der Waals surface area contributed by atoms with Gasteiger partial charge in [0.05, 0.1) is 5.60 Å². The van der Waals surface area contributed by atoms with Crippen LogP contribution in [0.4, 0.5) is 4.79 Å². The second kappa shape index (κ2) is 6.48. The van der Waals surface area contributed by atoms with E-state index in [2.05, 4.69) is 19.2 Å². The Hall–Kier alpha value is -1.55. The molecule has 0 spiro atoms. The quantitative estimate of drug-likeness (QED) is 0.895. The zero-order chi connectivity index (χ0) is 15.3. The SMILES string of the molecule is CC1(C)CCC(O)(CNC(=O)OCc2ccccc2)CC1. The average molecular weight is 291 g/mol. The van der Waals surface area contributed by atoms with Crippen molar-refractivity contribution in [3.8, 4) is 0 Å². The molecule has 1 amide bonds. The summed E-state index contributed by atoms with van der Waals surface area (Å²) in [7, 11) is 0. The Morgan fingerprint density at radius 2 is 1.81 bits per heavy atom. The normalized spacial score (nSPS) is 19.8. The molecule has 1 aliphatic carbocycles. The molecule has 1 aliphatic rings. The number of hydrogen-bond acceptors (Lipinski definition) is 3. The van der Waals surface area contributed by atoms with Gasteiger partial charge in [-0.3, -0.25) is 0 Å². The number of rotatable bonds is 4. The van der Waals surface area contributed by atoms with E-state index in [-0.39, 0.29) is 13.2 Å². The van der Waals surface area contributed by atoms with Crippen LogP contribution in [-0.2, 0) is 11.3 Å². The van der Waals surface area contributed by atoms with Crippen LogP contribution in [0.3, 0.4) is 0 Å². The maximum atomic E-state index is 11.7. The molecule has 1 aromatic rings. The Balaban J connectivity index is 1.71. The molecule has 0 unspecified atom stereocenters. The molecule has 4 nitrogen and oxygen atoms in total. The van der Waals surface area contributed by atoms with Gasteiger partial charge in [-0.2, -0.15) is 0 Å². The number of hydrogen-bond donors (Lipinski definition) is 2. The van der Waals surface area contributed by atoms with Crippen molar-refractivity contribution in [1.82, 2.24) is 5.32 Å². The summed E-state index contributed by atoms with van der Waals surface area (Å²) in [5.74, 6) is 0. The molecule has 0 aliphatic heterocycles. The lowest BCUT2D eigenvalue weighted by atomic mass is 9.71. The molecule has 1 fully saturated rings. The highest BCUT2D eigenvalue weighted by atomic mass is 16.5. The Kier molecular flexibility index (Phi) is 4.88. The lowest BCUT2D eigenvalue weighted by molar-refractivity contribution is -0.0242. The van der Waals surface area contributed by atoms with Gasteiger partial charge in [0, 0.05) is 6.54 Å². The molecule has 0 heterocycles. The van der Waals surface area contributed by atoms with Gasteiger partial charge in [0.1, 0.15) is 6.61 Å². The Labute approximate surface area is 126 Å². The predicted molar refractivity (Wildman–Crippen MR) is 81.8 cm³/mol. The fraction of sp³-hybridized carbons (Fsp3) is 0.588. The minimum absolute atomic E-state index is 0.248. The summed E-state index contributed by atoms with van der Waals surface area (Å²) in [6.45, 7) is 4.94. The zero-order valence-corrected chi connectivity index (χ0v) is 12.9. The first-order valence-corrected chi connectivity index (χ1v) is 7.56. The van der Waals surface area contributed by atoms with Crippen LogP contribution in [0.2, 0.25) is 0 Å². The summed E-state index contributed by atoms with van der Waals surface area (Å²) in [4.78, 5) is 11.7. The maximum absolute atomic E-state index is 11.7. The highest BCUT2D eigenvalue weighted by molar-refractivity contribution is 5.67. The minimum atomic E-state index is -0.790. The maximum Gasteiger partial charge on any atom is 0.407 e. The van der Waals surface area contributed by atoms with Crippen LogP contribution in [0, 0.1) is 5.41 Å². The summed E-state index contributed by atoms with van der Waals surface area (Å²) in [5.41, 5.74) is 0.451. The van der Waals surface area contributed by atoms with Crippen LogP contribution >= 0.6 is 0 Å². The molecule has 2 N–H and O–H groups in total. The van der Waals surface area contributed by atoms with Crippen molar-refractivity contribution < 1.29 is 14.6 Å².